The van der Waals surface area contributed by atoms with Gasteiger partial charge in [-0.1, -0.05) is 23.7 Å². The van der Waals surface area contributed by atoms with E-state index in [9.17, 15) is 23.1 Å². The van der Waals surface area contributed by atoms with E-state index in [0.717, 1.165) is 10.5 Å². The Morgan fingerprint density at radius 1 is 1.25 bits per heavy atom. The van der Waals surface area contributed by atoms with Gasteiger partial charge in [0.05, 0.1) is 6.54 Å². The van der Waals surface area contributed by atoms with E-state index in [1.54, 1.807) is 45.0 Å². The average Bonchev–Trinajstić information content (AvgIpc) is 2.41. The molecule has 0 aliphatic carbocycles. The van der Waals surface area contributed by atoms with Gasteiger partial charge in [0, 0.05) is 11.6 Å². The first kappa shape index (κ1) is 20.6. The first-order valence-electron chi connectivity index (χ1n) is 7.35. The molecular weight excluding hydrogens is 347 g/mol. The van der Waals surface area contributed by atoms with Crippen molar-refractivity contribution in [3.8, 4) is 0 Å². The number of rotatable bonds is 5. The van der Waals surface area contributed by atoms with Crippen LogP contribution in [0.15, 0.2) is 24.3 Å². The Kier molecular flexibility index (Phi) is 6.92. The molecule has 0 bridgehead atoms. The zero-order valence-electron chi connectivity index (χ0n) is 13.7. The van der Waals surface area contributed by atoms with E-state index in [2.05, 4.69) is 0 Å². The van der Waals surface area contributed by atoms with Gasteiger partial charge in [0.25, 0.3) is 0 Å². The average molecular weight is 368 g/mol. The lowest BCUT2D eigenvalue weighted by Crippen LogP contribution is -2.46. The molecule has 24 heavy (non-hydrogen) atoms. The van der Waals surface area contributed by atoms with Crippen LogP contribution in [0, 0.1) is 0 Å². The van der Waals surface area contributed by atoms with E-state index in [1.165, 1.54) is 0 Å². The number of nitrogens with zero attached hydrogens (tertiary/aromatic N) is 1. The number of ether oxygens (including phenoxy) is 1. The molecule has 0 aromatic heterocycles. The number of carbonyl (C=O) groups is 1. The van der Waals surface area contributed by atoms with Crippen molar-refractivity contribution < 1.29 is 27.8 Å². The minimum Gasteiger partial charge on any atom is -0.444 e. The minimum absolute atomic E-state index is 0.0241. The van der Waals surface area contributed by atoms with E-state index in [1.807, 2.05) is 0 Å². The molecule has 1 rings (SSSR count). The molecule has 0 aliphatic heterocycles. The fourth-order valence-corrected chi connectivity index (χ4v) is 1.94. The third-order valence-corrected chi connectivity index (χ3v) is 3.26. The van der Waals surface area contributed by atoms with Crippen LogP contribution in [0.4, 0.5) is 18.0 Å². The van der Waals surface area contributed by atoms with Crippen molar-refractivity contribution in [2.75, 3.05) is 13.1 Å². The molecule has 0 fully saturated rings. The molecule has 1 aromatic carbocycles. The Bertz CT molecular complexity index is 541. The smallest absolute Gasteiger partial charge is 0.416 e. The Balaban J connectivity index is 2.79. The predicted molar refractivity (Wildman–Crippen MR) is 85.0 cm³/mol. The van der Waals surface area contributed by atoms with Crippen LogP contribution in [-0.2, 0) is 11.2 Å². The van der Waals surface area contributed by atoms with Crippen LogP contribution in [0.25, 0.3) is 0 Å². The SMILES string of the molecule is CC(C)(C)OC(=O)N(CCc1ccc(Cl)cc1)CC(O)C(F)(F)F. The van der Waals surface area contributed by atoms with Gasteiger partial charge in [-0.05, 0) is 44.9 Å². The van der Waals surface area contributed by atoms with Crippen molar-refractivity contribution in [3.63, 3.8) is 0 Å². The van der Waals surface area contributed by atoms with Gasteiger partial charge >= 0.3 is 12.3 Å². The van der Waals surface area contributed by atoms with Crippen molar-refractivity contribution >= 4 is 17.7 Å². The lowest BCUT2D eigenvalue weighted by atomic mass is 10.1. The Hall–Kier alpha value is -1.47. The summed E-state index contributed by atoms with van der Waals surface area (Å²) in [4.78, 5) is 13.0. The largest absolute Gasteiger partial charge is 0.444 e. The number of hydrogen-bond donors (Lipinski definition) is 1. The number of benzene rings is 1. The number of hydrogen-bond acceptors (Lipinski definition) is 3. The Morgan fingerprint density at radius 3 is 2.25 bits per heavy atom. The van der Waals surface area contributed by atoms with Gasteiger partial charge in [0.1, 0.15) is 5.60 Å². The summed E-state index contributed by atoms with van der Waals surface area (Å²) >= 11 is 5.77. The molecule has 1 atom stereocenters. The maximum absolute atomic E-state index is 12.6. The van der Waals surface area contributed by atoms with Gasteiger partial charge in [-0.2, -0.15) is 13.2 Å². The number of aliphatic hydroxyl groups is 1. The number of halogens is 4. The monoisotopic (exact) mass is 367 g/mol. The molecule has 4 nitrogen and oxygen atoms in total. The van der Waals surface area contributed by atoms with E-state index < -0.39 is 30.5 Å². The van der Waals surface area contributed by atoms with Gasteiger partial charge < -0.3 is 14.7 Å². The van der Waals surface area contributed by atoms with Crippen LogP contribution >= 0.6 is 11.6 Å². The molecule has 1 amide bonds. The maximum atomic E-state index is 12.6. The summed E-state index contributed by atoms with van der Waals surface area (Å²) in [5, 5.41) is 9.78. The van der Waals surface area contributed by atoms with E-state index in [4.69, 9.17) is 16.3 Å². The summed E-state index contributed by atoms with van der Waals surface area (Å²) in [7, 11) is 0. The summed E-state index contributed by atoms with van der Waals surface area (Å²) in [6.07, 6.45) is -8.03. The number of aliphatic hydroxyl groups excluding tert-OH is 1. The molecule has 1 aromatic rings. The van der Waals surface area contributed by atoms with E-state index >= 15 is 0 Å². The van der Waals surface area contributed by atoms with Crippen LogP contribution in [0.2, 0.25) is 5.02 Å². The molecule has 0 spiro atoms. The van der Waals surface area contributed by atoms with Crippen molar-refractivity contribution in [1.29, 1.82) is 0 Å². The first-order chi connectivity index (χ1) is 10.9. The predicted octanol–water partition coefficient (Wildman–Crippen LogP) is 4.04. The third kappa shape index (κ3) is 7.40. The summed E-state index contributed by atoms with van der Waals surface area (Å²) < 4.78 is 42.8. The molecule has 8 heteroatoms. The second-order valence-electron chi connectivity index (χ2n) is 6.36. The van der Waals surface area contributed by atoms with Crippen LogP contribution in [0.1, 0.15) is 26.3 Å². The van der Waals surface area contributed by atoms with Crippen molar-refractivity contribution in [2.45, 2.75) is 45.1 Å². The van der Waals surface area contributed by atoms with Crippen molar-refractivity contribution in [2.24, 2.45) is 0 Å². The molecule has 0 aliphatic rings. The maximum Gasteiger partial charge on any atom is 0.416 e. The fraction of sp³-hybridized carbons (Fsp3) is 0.562. The van der Waals surface area contributed by atoms with Gasteiger partial charge in [0.15, 0.2) is 6.10 Å². The molecule has 136 valence electrons. The summed E-state index contributed by atoms with van der Waals surface area (Å²) in [6.45, 7) is 3.93. The quantitative estimate of drug-likeness (QED) is 0.854. The Labute approximate surface area is 144 Å². The molecule has 0 saturated heterocycles. The number of amides is 1. The van der Waals surface area contributed by atoms with Crippen LogP contribution in [0.3, 0.4) is 0 Å². The highest BCUT2D eigenvalue weighted by atomic mass is 35.5. The third-order valence-electron chi connectivity index (χ3n) is 3.01. The topological polar surface area (TPSA) is 49.8 Å². The standard InChI is InChI=1S/C16H21ClF3NO3/c1-15(2,3)24-14(23)21(10-13(22)16(18,19)20)9-8-11-4-6-12(17)7-5-11/h4-7,13,22H,8-10H2,1-3H3. The van der Waals surface area contributed by atoms with Gasteiger partial charge in [0.2, 0.25) is 0 Å². The van der Waals surface area contributed by atoms with Gasteiger partial charge in [-0.25, -0.2) is 4.79 Å². The van der Waals surface area contributed by atoms with Gasteiger partial charge in [-0.3, -0.25) is 0 Å². The van der Waals surface area contributed by atoms with Crippen LogP contribution < -0.4 is 0 Å². The van der Waals surface area contributed by atoms with Crippen molar-refractivity contribution in [3.05, 3.63) is 34.9 Å². The molecule has 0 heterocycles. The van der Waals surface area contributed by atoms with Gasteiger partial charge in [-0.15, -0.1) is 0 Å². The normalized spacial score (nSPS) is 13.5. The zero-order chi connectivity index (χ0) is 18.5. The minimum atomic E-state index is -4.81. The summed E-state index contributed by atoms with van der Waals surface area (Å²) in [6, 6.07) is 6.74. The number of alkyl halides is 3. The highest BCUT2D eigenvalue weighted by molar-refractivity contribution is 6.30. The fourth-order valence-electron chi connectivity index (χ4n) is 1.81. The molecule has 1 N–H and O–H groups in total. The lowest BCUT2D eigenvalue weighted by Gasteiger charge is -2.29. The van der Waals surface area contributed by atoms with E-state index in [-0.39, 0.29) is 6.54 Å². The molecule has 0 radical (unpaired) electrons. The molecule has 0 saturated carbocycles. The second-order valence-corrected chi connectivity index (χ2v) is 6.80. The lowest BCUT2D eigenvalue weighted by molar-refractivity contribution is -0.207. The Morgan fingerprint density at radius 2 is 1.79 bits per heavy atom. The van der Waals surface area contributed by atoms with E-state index in [0.29, 0.717) is 11.4 Å². The molecular formula is C16H21ClF3NO3. The highest BCUT2D eigenvalue weighted by Gasteiger charge is 2.40. The number of carbonyl (C=O) groups excluding carboxylic acids is 1. The highest BCUT2D eigenvalue weighted by Crippen LogP contribution is 2.22. The summed E-state index contributed by atoms with van der Waals surface area (Å²) in [5.41, 5.74) is -0.0480. The van der Waals surface area contributed by atoms with Crippen molar-refractivity contribution in [1.82, 2.24) is 4.90 Å². The first-order valence-corrected chi connectivity index (χ1v) is 7.73. The summed E-state index contributed by atoms with van der Waals surface area (Å²) in [5.74, 6) is 0. The zero-order valence-corrected chi connectivity index (χ0v) is 14.5. The molecule has 1 unspecified atom stereocenters. The second kappa shape index (κ2) is 8.07. The van der Waals surface area contributed by atoms with Crippen LogP contribution in [0.5, 0.6) is 0 Å². The van der Waals surface area contributed by atoms with Crippen LogP contribution in [-0.4, -0.2) is 47.1 Å².